The summed E-state index contributed by atoms with van der Waals surface area (Å²) in [5.41, 5.74) is -0.743. The van der Waals surface area contributed by atoms with Crippen LogP contribution in [0.1, 0.15) is 36.5 Å². The molecule has 0 bridgehead atoms. The molecule has 1 atom stereocenters. The number of carbonyl (C=O) groups excluding carboxylic acids is 2. The van der Waals surface area contributed by atoms with Gasteiger partial charge in [-0.05, 0) is 31.0 Å². The first kappa shape index (κ1) is 20.2. The van der Waals surface area contributed by atoms with E-state index in [2.05, 4.69) is 5.32 Å². The highest BCUT2D eigenvalue weighted by Crippen LogP contribution is 2.35. The Bertz CT molecular complexity index is 867. The largest absolute Gasteiger partial charge is 0.447 e. The lowest BCUT2D eigenvalue weighted by atomic mass is 9.85. The van der Waals surface area contributed by atoms with Gasteiger partial charge in [0.2, 0.25) is 6.10 Å². The number of ether oxygens (including phenoxy) is 1. The van der Waals surface area contributed by atoms with Crippen molar-refractivity contribution in [1.82, 2.24) is 0 Å². The van der Waals surface area contributed by atoms with Crippen LogP contribution in [-0.4, -0.2) is 11.9 Å². The van der Waals surface area contributed by atoms with Crippen LogP contribution in [0.4, 0.5) is 18.9 Å². The second kappa shape index (κ2) is 8.22. The van der Waals surface area contributed by atoms with Crippen LogP contribution in [-0.2, 0) is 20.5 Å². The van der Waals surface area contributed by atoms with Gasteiger partial charge in [-0.25, -0.2) is 0 Å². The maximum atomic E-state index is 12.9. The van der Waals surface area contributed by atoms with Crippen molar-refractivity contribution in [3.05, 3.63) is 64.7 Å². The highest BCUT2D eigenvalue weighted by atomic mass is 35.5. The Morgan fingerprint density at radius 1 is 1.11 bits per heavy atom. The van der Waals surface area contributed by atoms with Crippen LogP contribution >= 0.6 is 11.6 Å². The van der Waals surface area contributed by atoms with Gasteiger partial charge in [0.05, 0.1) is 22.2 Å². The average molecular weight is 412 g/mol. The molecule has 4 nitrogen and oxygen atoms in total. The minimum atomic E-state index is -4.58. The number of benzene rings is 2. The molecule has 0 radical (unpaired) electrons. The summed E-state index contributed by atoms with van der Waals surface area (Å²) in [7, 11) is 0. The van der Waals surface area contributed by atoms with E-state index in [4.69, 9.17) is 16.3 Å². The summed E-state index contributed by atoms with van der Waals surface area (Å²) in [6.45, 7) is 0. The molecular weight excluding hydrogens is 395 g/mol. The Morgan fingerprint density at radius 2 is 1.79 bits per heavy atom. The second-order valence-electron chi connectivity index (χ2n) is 6.54. The van der Waals surface area contributed by atoms with Crippen LogP contribution in [0.5, 0.6) is 0 Å². The monoisotopic (exact) mass is 411 g/mol. The first-order chi connectivity index (χ1) is 13.3. The molecule has 2 aromatic carbocycles. The molecule has 1 saturated carbocycles. The van der Waals surface area contributed by atoms with Crippen LogP contribution in [0, 0.1) is 5.92 Å². The number of rotatable bonds is 5. The van der Waals surface area contributed by atoms with Gasteiger partial charge in [-0.15, -0.1) is 0 Å². The van der Waals surface area contributed by atoms with E-state index in [0.29, 0.717) is 18.4 Å². The van der Waals surface area contributed by atoms with Crippen LogP contribution in [0.25, 0.3) is 0 Å². The van der Waals surface area contributed by atoms with Crippen LogP contribution in [0.3, 0.4) is 0 Å². The quantitative estimate of drug-likeness (QED) is 0.672. The molecule has 0 aromatic heterocycles. The normalized spacial score (nSPS) is 15.4. The summed E-state index contributed by atoms with van der Waals surface area (Å²) in [5.74, 6) is -1.53. The molecule has 3 rings (SSSR count). The second-order valence-corrected chi connectivity index (χ2v) is 6.94. The molecule has 1 aliphatic carbocycles. The summed E-state index contributed by atoms with van der Waals surface area (Å²) in [5, 5.41) is 2.30. The predicted molar refractivity (Wildman–Crippen MR) is 97.7 cm³/mol. The van der Waals surface area contributed by atoms with Crippen molar-refractivity contribution in [3.63, 3.8) is 0 Å². The molecule has 0 saturated heterocycles. The third kappa shape index (κ3) is 4.65. The summed E-state index contributed by atoms with van der Waals surface area (Å²) in [4.78, 5) is 25.0. The molecule has 2 aromatic rings. The summed E-state index contributed by atoms with van der Waals surface area (Å²) < 4.78 is 44.2. The molecular formula is C20H17ClF3NO3. The minimum Gasteiger partial charge on any atom is -0.447 e. The molecule has 1 aliphatic rings. The lowest BCUT2D eigenvalue weighted by Gasteiger charge is -2.26. The molecule has 0 heterocycles. The van der Waals surface area contributed by atoms with Crippen molar-refractivity contribution in [2.24, 2.45) is 5.92 Å². The highest BCUT2D eigenvalue weighted by molar-refractivity contribution is 6.33. The maximum absolute atomic E-state index is 12.9. The molecule has 1 fully saturated rings. The fourth-order valence-corrected chi connectivity index (χ4v) is 2.92. The number of hydrogen-bond donors (Lipinski definition) is 1. The van der Waals surface area contributed by atoms with Gasteiger partial charge in [-0.1, -0.05) is 48.4 Å². The number of halogens is 4. The molecule has 148 valence electrons. The number of anilines is 1. The zero-order chi connectivity index (χ0) is 20.3. The first-order valence-electron chi connectivity index (χ1n) is 8.69. The van der Waals surface area contributed by atoms with E-state index in [1.54, 1.807) is 30.3 Å². The smallest absolute Gasteiger partial charge is 0.416 e. The predicted octanol–water partition coefficient (Wildman–Crippen LogP) is 5.38. The Balaban J connectivity index is 1.84. The number of carbonyl (C=O) groups is 2. The standard InChI is InChI=1S/C20H17ClF3NO3/c21-15-10-9-14(20(22,23)24)11-16(15)25-18(26)17(12-5-2-1-3-6-12)28-19(27)13-7-4-8-13/h1-3,5-6,9-11,13,17H,4,7-8H2,(H,25,26)/t17-/m0/s1. The fourth-order valence-electron chi connectivity index (χ4n) is 2.75. The number of nitrogens with one attached hydrogen (secondary N) is 1. The number of esters is 1. The van der Waals surface area contributed by atoms with Gasteiger partial charge in [-0.3, -0.25) is 9.59 Å². The summed E-state index contributed by atoms with van der Waals surface area (Å²) in [6.07, 6.45) is -3.57. The van der Waals surface area contributed by atoms with Crippen LogP contribution < -0.4 is 5.32 Å². The Hall–Kier alpha value is -2.54. The molecule has 8 heteroatoms. The van der Waals surface area contributed by atoms with E-state index in [0.717, 1.165) is 24.6 Å². The van der Waals surface area contributed by atoms with Crippen molar-refractivity contribution in [2.75, 3.05) is 5.32 Å². The molecule has 28 heavy (non-hydrogen) atoms. The molecule has 0 unspecified atom stereocenters. The topological polar surface area (TPSA) is 55.4 Å². The highest BCUT2D eigenvalue weighted by Gasteiger charge is 2.34. The van der Waals surface area contributed by atoms with Gasteiger partial charge in [-0.2, -0.15) is 13.2 Å². The van der Waals surface area contributed by atoms with E-state index in [9.17, 15) is 22.8 Å². The number of alkyl halides is 3. The molecule has 0 spiro atoms. The lowest BCUT2D eigenvalue weighted by Crippen LogP contribution is -2.31. The molecule has 1 amide bonds. The third-order valence-electron chi connectivity index (χ3n) is 4.56. The van der Waals surface area contributed by atoms with Gasteiger partial charge in [0.1, 0.15) is 0 Å². The van der Waals surface area contributed by atoms with Gasteiger partial charge in [0.15, 0.2) is 0 Å². The van der Waals surface area contributed by atoms with Gasteiger partial charge in [0, 0.05) is 5.56 Å². The fraction of sp³-hybridized carbons (Fsp3) is 0.300. The third-order valence-corrected chi connectivity index (χ3v) is 4.89. The Morgan fingerprint density at radius 3 is 2.36 bits per heavy atom. The van der Waals surface area contributed by atoms with Crippen molar-refractivity contribution in [2.45, 2.75) is 31.5 Å². The molecule has 1 N–H and O–H groups in total. The van der Waals surface area contributed by atoms with E-state index in [-0.39, 0.29) is 16.6 Å². The van der Waals surface area contributed by atoms with Crippen molar-refractivity contribution < 1.29 is 27.5 Å². The van der Waals surface area contributed by atoms with E-state index in [1.807, 2.05) is 0 Å². The summed E-state index contributed by atoms with van der Waals surface area (Å²) >= 11 is 5.94. The van der Waals surface area contributed by atoms with E-state index >= 15 is 0 Å². The van der Waals surface area contributed by atoms with Crippen molar-refractivity contribution in [3.8, 4) is 0 Å². The number of hydrogen-bond acceptors (Lipinski definition) is 3. The SMILES string of the molecule is O=C(O[C@H](C(=O)Nc1cc(C(F)(F)F)ccc1Cl)c1ccccc1)C1CCC1. The number of amides is 1. The van der Waals surface area contributed by atoms with E-state index in [1.165, 1.54) is 0 Å². The van der Waals surface area contributed by atoms with Crippen LogP contribution in [0.15, 0.2) is 48.5 Å². The Labute approximate surface area is 164 Å². The van der Waals surface area contributed by atoms with E-state index < -0.39 is 29.7 Å². The van der Waals surface area contributed by atoms with Gasteiger partial charge in [0.25, 0.3) is 5.91 Å². The van der Waals surface area contributed by atoms with Crippen molar-refractivity contribution >= 4 is 29.2 Å². The first-order valence-corrected chi connectivity index (χ1v) is 9.06. The Kier molecular flexibility index (Phi) is 5.93. The minimum absolute atomic E-state index is 0.0570. The van der Waals surface area contributed by atoms with Crippen LogP contribution in [0.2, 0.25) is 5.02 Å². The van der Waals surface area contributed by atoms with Crippen molar-refractivity contribution in [1.29, 1.82) is 0 Å². The molecule has 0 aliphatic heterocycles. The zero-order valence-corrected chi connectivity index (χ0v) is 15.4. The van der Waals surface area contributed by atoms with Gasteiger partial charge < -0.3 is 10.1 Å². The maximum Gasteiger partial charge on any atom is 0.416 e. The lowest BCUT2D eigenvalue weighted by molar-refractivity contribution is -0.161. The average Bonchev–Trinajstić information content (AvgIpc) is 2.59. The summed E-state index contributed by atoms with van der Waals surface area (Å²) in [6, 6.07) is 10.9. The zero-order valence-electron chi connectivity index (χ0n) is 14.6. The van der Waals surface area contributed by atoms with Gasteiger partial charge >= 0.3 is 12.1 Å².